The zero-order chi connectivity index (χ0) is 23.4. The Bertz CT molecular complexity index is 1060. The van der Waals surface area contributed by atoms with Gasteiger partial charge in [0, 0.05) is 11.6 Å². The number of amides is 2. The number of methoxy groups -OCH3 is 2. The van der Waals surface area contributed by atoms with Crippen LogP contribution in [0.1, 0.15) is 44.1 Å². The molecule has 2 aliphatic rings. The van der Waals surface area contributed by atoms with Gasteiger partial charge < -0.3 is 19.7 Å². The predicted octanol–water partition coefficient (Wildman–Crippen LogP) is 4.16. The van der Waals surface area contributed by atoms with E-state index >= 15 is 0 Å². The van der Waals surface area contributed by atoms with E-state index in [1.807, 2.05) is 0 Å². The van der Waals surface area contributed by atoms with Gasteiger partial charge in [-0.2, -0.15) is 0 Å². The van der Waals surface area contributed by atoms with Crippen molar-refractivity contribution in [1.82, 2.24) is 4.90 Å². The highest BCUT2D eigenvalue weighted by molar-refractivity contribution is 6.47. The molecule has 7 nitrogen and oxygen atoms in total. The minimum atomic E-state index is -0.751. The van der Waals surface area contributed by atoms with E-state index in [-0.39, 0.29) is 29.9 Å². The fourth-order valence-corrected chi connectivity index (χ4v) is 4.56. The Morgan fingerprint density at radius 1 is 1.06 bits per heavy atom. The molecule has 1 aliphatic heterocycles. The number of anilines is 1. The minimum absolute atomic E-state index is 0.137. The highest BCUT2D eigenvalue weighted by Crippen LogP contribution is 2.39. The second-order valence-corrected chi connectivity index (χ2v) is 8.37. The van der Waals surface area contributed by atoms with Gasteiger partial charge in [-0.1, -0.05) is 12.8 Å². The molecule has 1 spiro atoms. The van der Waals surface area contributed by atoms with Gasteiger partial charge in [-0.15, -0.1) is 0 Å². The second-order valence-electron chi connectivity index (χ2n) is 8.37. The first kappa shape index (κ1) is 22.8. The maximum absolute atomic E-state index is 13.5. The Morgan fingerprint density at radius 2 is 1.76 bits per heavy atom. The van der Waals surface area contributed by atoms with Gasteiger partial charge in [-0.25, -0.2) is 4.39 Å². The van der Waals surface area contributed by atoms with Crippen LogP contribution in [-0.4, -0.2) is 48.9 Å². The van der Waals surface area contributed by atoms with Crippen LogP contribution in [0, 0.1) is 5.82 Å². The number of nitrogens with zero attached hydrogens (tertiary/aromatic N) is 2. The molecule has 0 radical (unpaired) electrons. The topological polar surface area (TPSA) is 80.2 Å². The quantitative estimate of drug-likeness (QED) is 0.712. The van der Waals surface area contributed by atoms with Gasteiger partial charge in [0.1, 0.15) is 35.2 Å². The van der Waals surface area contributed by atoms with Crippen LogP contribution >= 0.6 is 0 Å². The third-order valence-electron chi connectivity index (χ3n) is 6.28. The monoisotopic (exact) mass is 453 g/mol. The molecule has 1 fully saturated rings. The zero-order valence-electron chi connectivity index (χ0n) is 18.9. The second kappa shape index (κ2) is 9.60. The Kier molecular flexibility index (Phi) is 6.62. The van der Waals surface area contributed by atoms with E-state index in [0.717, 1.165) is 25.7 Å². The Morgan fingerprint density at radius 3 is 2.39 bits per heavy atom. The molecule has 8 heteroatoms. The van der Waals surface area contributed by atoms with Crippen LogP contribution in [0.25, 0.3) is 0 Å². The highest BCUT2D eigenvalue weighted by Gasteiger charge is 2.47. The lowest BCUT2D eigenvalue weighted by Crippen LogP contribution is -2.50. The molecule has 174 valence electrons. The normalized spacial score (nSPS) is 17.5. The average Bonchev–Trinajstić information content (AvgIpc) is 2.96. The number of nitrogens with one attached hydrogen (secondary N) is 1. The fourth-order valence-electron chi connectivity index (χ4n) is 4.56. The first-order valence-corrected chi connectivity index (χ1v) is 11.2. The van der Waals surface area contributed by atoms with Crippen molar-refractivity contribution in [3.8, 4) is 11.5 Å². The molecule has 2 aromatic rings. The number of ether oxygens (including phenoxy) is 2. The minimum Gasteiger partial charge on any atom is -0.497 e. The number of carbonyl (C=O) groups is 2. The van der Waals surface area contributed by atoms with Gasteiger partial charge in [-0.3, -0.25) is 14.6 Å². The summed E-state index contributed by atoms with van der Waals surface area (Å²) in [6.45, 7) is -0.137. The predicted molar refractivity (Wildman–Crippen MR) is 123 cm³/mol. The summed E-state index contributed by atoms with van der Waals surface area (Å²) in [4.78, 5) is 32.9. The molecule has 4 rings (SSSR count). The standard InChI is InChI=1S/C25H28FN3O4/c1-32-19-11-12-20(21(15-19)33-2)27-22(30)16-29-24(31)23(17-7-9-18(26)10-8-17)28-25(29)13-5-3-4-6-14-25/h7-12,15H,3-6,13-14,16H2,1-2H3,(H,27,30). The van der Waals surface area contributed by atoms with E-state index in [4.69, 9.17) is 14.5 Å². The molecular weight excluding hydrogens is 425 g/mol. The Labute approximate surface area is 192 Å². The molecule has 33 heavy (non-hydrogen) atoms. The first-order chi connectivity index (χ1) is 16.0. The molecular formula is C25H28FN3O4. The van der Waals surface area contributed by atoms with Crippen LogP contribution in [0.4, 0.5) is 10.1 Å². The summed E-state index contributed by atoms with van der Waals surface area (Å²) in [5, 5.41) is 2.85. The van der Waals surface area contributed by atoms with Gasteiger partial charge in [0.05, 0.1) is 19.9 Å². The largest absolute Gasteiger partial charge is 0.497 e. The van der Waals surface area contributed by atoms with E-state index in [9.17, 15) is 14.0 Å². The number of hydrogen-bond acceptors (Lipinski definition) is 5. The maximum atomic E-state index is 13.5. The summed E-state index contributed by atoms with van der Waals surface area (Å²) in [7, 11) is 3.06. The van der Waals surface area contributed by atoms with Crippen LogP contribution in [0.2, 0.25) is 0 Å². The van der Waals surface area contributed by atoms with E-state index < -0.39 is 5.66 Å². The van der Waals surface area contributed by atoms with Crippen LogP contribution < -0.4 is 14.8 Å². The number of halogens is 1. The maximum Gasteiger partial charge on any atom is 0.275 e. The van der Waals surface area contributed by atoms with Gasteiger partial charge in [-0.05, 0) is 62.1 Å². The van der Waals surface area contributed by atoms with Crippen molar-refractivity contribution in [3.05, 3.63) is 53.8 Å². The molecule has 0 unspecified atom stereocenters. The SMILES string of the molecule is COc1ccc(NC(=O)CN2C(=O)C(c3ccc(F)cc3)=NC23CCCCCC3)c(OC)c1. The number of carbonyl (C=O) groups excluding carboxylic acids is 2. The van der Waals surface area contributed by atoms with E-state index in [0.29, 0.717) is 35.6 Å². The number of aliphatic imine (C=N–C) groups is 1. The van der Waals surface area contributed by atoms with Crippen molar-refractivity contribution in [2.45, 2.75) is 44.2 Å². The Hall–Kier alpha value is -3.42. The van der Waals surface area contributed by atoms with E-state index in [2.05, 4.69) is 5.32 Å². The summed E-state index contributed by atoms with van der Waals surface area (Å²) in [5.41, 5.74) is 0.583. The van der Waals surface area contributed by atoms with Crippen LogP contribution in [0.15, 0.2) is 47.5 Å². The summed E-state index contributed by atoms with van der Waals surface area (Å²) >= 11 is 0. The number of rotatable bonds is 6. The number of hydrogen-bond donors (Lipinski definition) is 1. The van der Waals surface area contributed by atoms with Crippen molar-refractivity contribution in [3.63, 3.8) is 0 Å². The molecule has 0 saturated heterocycles. The molecule has 2 amide bonds. The van der Waals surface area contributed by atoms with E-state index in [1.54, 1.807) is 42.3 Å². The molecule has 2 aromatic carbocycles. The molecule has 0 aromatic heterocycles. The molecule has 1 N–H and O–H groups in total. The summed E-state index contributed by atoms with van der Waals surface area (Å²) < 4.78 is 24.0. The smallest absolute Gasteiger partial charge is 0.275 e. The van der Waals surface area contributed by atoms with Gasteiger partial charge in [0.15, 0.2) is 0 Å². The highest BCUT2D eigenvalue weighted by atomic mass is 19.1. The third kappa shape index (κ3) is 4.69. The molecule has 0 bridgehead atoms. The van der Waals surface area contributed by atoms with E-state index in [1.165, 1.54) is 19.2 Å². The molecule has 1 heterocycles. The average molecular weight is 454 g/mol. The van der Waals surface area contributed by atoms with Crippen LogP contribution in [-0.2, 0) is 9.59 Å². The van der Waals surface area contributed by atoms with Crippen molar-refractivity contribution >= 4 is 23.2 Å². The lowest BCUT2D eigenvalue weighted by molar-refractivity contribution is -0.133. The Balaban J connectivity index is 1.59. The molecule has 1 aliphatic carbocycles. The lowest BCUT2D eigenvalue weighted by Gasteiger charge is -2.35. The third-order valence-corrected chi connectivity index (χ3v) is 6.28. The van der Waals surface area contributed by atoms with Gasteiger partial charge in [0.25, 0.3) is 5.91 Å². The number of benzene rings is 2. The molecule has 0 atom stereocenters. The molecule has 1 saturated carbocycles. The zero-order valence-corrected chi connectivity index (χ0v) is 18.9. The van der Waals surface area contributed by atoms with Gasteiger partial charge >= 0.3 is 0 Å². The summed E-state index contributed by atoms with van der Waals surface area (Å²) in [6.07, 6.45) is 5.39. The summed E-state index contributed by atoms with van der Waals surface area (Å²) in [5.74, 6) is 0.0437. The fraction of sp³-hybridized carbons (Fsp3) is 0.400. The van der Waals surface area contributed by atoms with Crippen molar-refractivity contribution in [2.24, 2.45) is 4.99 Å². The lowest BCUT2D eigenvalue weighted by atomic mass is 10.00. The summed E-state index contributed by atoms with van der Waals surface area (Å²) in [6, 6.07) is 10.8. The van der Waals surface area contributed by atoms with Gasteiger partial charge in [0.2, 0.25) is 5.91 Å². The van der Waals surface area contributed by atoms with Crippen molar-refractivity contribution in [1.29, 1.82) is 0 Å². The van der Waals surface area contributed by atoms with Crippen LogP contribution in [0.5, 0.6) is 11.5 Å². The van der Waals surface area contributed by atoms with Crippen molar-refractivity contribution in [2.75, 3.05) is 26.1 Å². The van der Waals surface area contributed by atoms with Crippen molar-refractivity contribution < 1.29 is 23.5 Å². The first-order valence-electron chi connectivity index (χ1n) is 11.2. The van der Waals surface area contributed by atoms with Crippen LogP contribution in [0.3, 0.4) is 0 Å².